The van der Waals surface area contributed by atoms with E-state index in [1.165, 1.54) is 19.2 Å². The number of hydrogen-bond donors (Lipinski definition) is 1. The molecule has 1 aromatic heterocycles. The number of anilines is 1. The normalized spacial score (nSPS) is 12.0. The molecule has 1 aromatic carbocycles. The molecule has 0 saturated carbocycles. The summed E-state index contributed by atoms with van der Waals surface area (Å²) < 4.78 is 29.4. The Morgan fingerprint density at radius 2 is 2.00 bits per heavy atom. The summed E-state index contributed by atoms with van der Waals surface area (Å²) in [4.78, 5) is 11.9. The summed E-state index contributed by atoms with van der Waals surface area (Å²) in [6.45, 7) is 0.108. The zero-order valence-corrected chi connectivity index (χ0v) is 15.8. The van der Waals surface area contributed by atoms with Crippen LogP contribution in [0.3, 0.4) is 0 Å². The first-order chi connectivity index (χ1) is 11.6. The topological polar surface area (TPSA) is 79.6 Å². The molecule has 0 unspecified atom stereocenters. The fraction of sp³-hybridized carbons (Fsp3) is 0.188. The smallest absolute Gasteiger partial charge is 0.248 e. The molecule has 0 aliphatic carbocycles. The molecular formula is C16H16Cl2N2O4S. The average Bonchev–Trinajstić information content (AvgIpc) is 2.95. The molecule has 1 amide bonds. The number of rotatable bonds is 6. The van der Waals surface area contributed by atoms with Crippen LogP contribution in [0.4, 0.5) is 5.69 Å². The summed E-state index contributed by atoms with van der Waals surface area (Å²) in [5.74, 6) is 0.477. The number of amides is 1. The second kappa shape index (κ2) is 8.05. The summed E-state index contributed by atoms with van der Waals surface area (Å²) in [5.41, 5.74) is 0.402. The SMILES string of the molecule is CN(Cc1ccc(/C=C/C(=O)Nc2cc(Cl)ccc2Cl)o1)S(C)(=O)=O. The van der Waals surface area contributed by atoms with Crippen molar-refractivity contribution in [3.63, 3.8) is 0 Å². The first kappa shape index (κ1) is 19.5. The van der Waals surface area contributed by atoms with E-state index in [1.807, 2.05) is 0 Å². The number of sulfonamides is 1. The molecule has 0 aliphatic rings. The number of nitrogens with one attached hydrogen (secondary N) is 1. The molecule has 0 bridgehead atoms. The first-order valence-electron chi connectivity index (χ1n) is 7.09. The van der Waals surface area contributed by atoms with Gasteiger partial charge in [0.1, 0.15) is 11.5 Å². The van der Waals surface area contributed by atoms with E-state index >= 15 is 0 Å². The van der Waals surface area contributed by atoms with Crippen molar-refractivity contribution < 1.29 is 17.6 Å². The molecule has 25 heavy (non-hydrogen) atoms. The maximum Gasteiger partial charge on any atom is 0.248 e. The number of carbonyl (C=O) groups excluding carboxylic acids is 1. The van der Waals surface area contributed by atoms with Crippen LogP contribution < -0.4 is 5.32 Å². The second-order valence-electron chi connectivity index (χ2n) is 5.27. The summed E-state index contributed by atoms with van der Waals surface area (Å²) >= 11 is 11.8. The number of hydrogen-bond acceptors (Lipinski definition) is 4. The van der Waals surface area contributed by atoms with Crippen molar-refractivity contribution >= 4 is 50.9 Å². The number of carbonyl (C=O) groups is 1. The van der Waals surface area contributed by atoms with Gasteiger partial charge in [0.05, 0.1) is 23.5 Å². The third-order valence-corrected chi connectivity index (χ3v) is 5.04. The maximum absolute atomic E-state index is 11.9. The van der Waals surface area contributed by atoms with E-state index in [9.17, 15) is 13.2 Å². The summed E-state index contributed by atoms with van der Waals surface area (Å²) in [6.07, 6.45) is 3.86. The minimum Gasteiger partial charge on any atom is -0.460 e. The van der Waals surface area contributed by atoms with E-state index in [-0.39, 0.29) is 6.54 Å². The van der Waals surface area contributed by atoms with E-state index in [1.54, 1.807) is 30.3 Å². The summed E-state index contributed by atoms with van der Waals surface area (Å²) in [5, 5.41) is 3.43. The highest BCUT2D eigenvalue weighted by molar-refractivity contribution is 7.88. The lowest BCUT2D eigenvalue weighted by Crippen LogP contribution is -2.24. The van der Waals surface area contributed by atoms with Crippen LogP contribution in [0.25, 0.3) is 6.08 Å². The van der Waals surface area contributed by atoms with Gasteiger partial charge in [-0.25, -0.2) is 8.42 Å². The monoisotopic (exact) mass is 402 g/mol. The highest BCUT2D eigenvalue weighted by Gasteiger charge is 2.13. The van der Waals surface area contributed by atoms with Gasteiger partial charge in [0, 0.05) is 18.1 Å². The molecular weight excluding hydrogens is 387 g/mol. The van der Waals surface area contributed by atoms with Crippen molar-refractivity contribution in [1.29, 1.82) is 0 Å². The predicted molar refractivity (Wildman–Crippen MR) is 99.1 cm³/mol. The maximum atomic E-state index is 11.9. The number of furan rings is 1. The van der Waals surface area contributed by atoms with Crippen LogP contribution in [0.15, 0.2) is 40.8 Å². The van der Waals surface area contributed by atoms with Gasteiger partial charge in [-0.05, 0) is 36.4 Å². The van der Waals surface area contributed by atoms with Crippen LogP contribution in [-0.2, 0) is 21.4 Å². The highest BCUT2D eigenvalue weighted by Crippen LogP contribution is 2.25. The van der Waals surface area contributed by atoms with Gasteiger partial charge in [-0.3, -0.25) is 4.79 Å². The Morgan fingerprint density at radius 3 is 2.68 bits per heavy atom. The van der Waals surface area contributed by atoms with Crippen LogP contribution in [0.2, 0.25) is 10.0 Å². The first-order valence-corrected chi connectivity index (χ1v) is 9.70. The summed E-state index contributed by atoms with van der Waals surface area (Å²) in [7, 11) is -1.84. The van der Waals surface area contributed by atoms with Gasteiger partial charge in [0.25, 0.3) is 0 Å². The lowest BCUT2D eigenvalue weighted by atomic mass is 10.3. The molecule has 0 saturated heterocycles. The van der Waals surface area contributed by atoms with Gasteiger partial charge in [-0.15, -0.1) is 0 Å². The fourth-order valence-corrected chi connectivity index (χ4v) is 2.53. The van der Waals surface area contributed by atoms with Crippen LogP contribution in [0.1, 0.15) is 11.5 Å². The minimum absolute atomic E-state index is 0.108. The van der Waals surface area contributed by atoms with Crippen molar-refractivity contribution in [2.75, 3.05) is 18.6 Å². The van der Waals surface area contributed by atoms with Crippen LogP contribution >= 0.6 is 23.2 Å². The molecule has 0 spiro atoms. The molecule has 1 heterocycles. The van der Waals surface area contributed by atoms with Gasteiger partial charge in [0.2, 0.25) is 15.9 Å². The van der Waals surface area contributed by atoms with E-state index in [2.05, 4.69) is 5.32 Å². The van der Waals surface area contributed by atoms with Crippen molar-refractivity contribution in [1.82, 2.24) is 4.31 Å². The quantitative estimate of drug-likeness (QED) is 0.747. The third-order valence-electron chi connectivity index (χ3n) is 3.21. The fourth-order valence-electron chi connectivity index (χ4n) is 1.83. The van der Waals surface area contributed by atoms with Crippen molar-refractivity contribution in [3.8, 4) is 0 Å². The minimum atomic E-state index is -3.29. The lowest BCUT2D eigenvalue weighted by Gasteiger charge is -2.11. The molecule has 6 nitrogen and oxygen atoms in total. The van der Waals surface area contributed by atoms with Gasteiger partial charge >= 0.3 is 0 Å². The van der Waals surface area contributed by atoms with E-state index in [0.29, 0.717) is 27.3 Å². The van der Waals surface area contributed by atoms with Crippen molar-refractivity contribution in [2.24, 2.45) is 0 Å². The molecule has 2 rings (SSSR count). The number of nitrogens with zero attached hydrogens (tertiary/aromatic N) is 1. The Hall–Kier alpha value is -1.80. The molecule has 1 N–H and O–H groups in total. The second-order valence-corrected chi connectivity index (χ2v) is 8.20. The molecule has 0 aliphatic heterocycles. The molecule has 9 heteroatoms. The Morgan fingerprint density at radius 1 is 1.28 bits per heavy atom. The average molecular weight is 403 g/mol. The molecule has 0 radical (unpaired) electrons. The zero-order chi connectivity index (χ0) is 18.6. The largest absolute Gasteiger partial charge is 0.460 e. The van der Waals surface area contributed by atoms with E-state index in [4.69, 9.17) is 27.6 Å². The van der Waals surface area contributed by atoms with Crippen LogP contribution in [0.5, 0.6) is 0 Å². The van der Waals surface area contributed by atoms with Gasteiger partial charge < -0.3 is 9.73 Å². The predicted octanol–water partition coefficient (Wildman–Crippen LogP) is 3.63. The number of halogens is 2. The van der Waals surface area contributed by atoms with Gasteiger partial charge in [0.15, 0.2) is 0 Å². The van der Waals surface area contributed by atoms with Crippen LogP contribution in [-0.4, -0.2) is 31.9 Å². The number of benzene rings is 1. The zero-order valence-electron chi connectivity index (χ0n) is 13.5. The van der Waals surface area contributed by atoms with Gasteiger partial charge in [-0.1, -0.05) is 23.2 Å². The molecule has 0 atom stereocenters. The van der Waals surface area contributed by atoms with Crippen molar-refractivity contribution in [2.45, 2.75) is 6.54 Å². The third kappa shape index (κ3) is 5.89. The van der Waals surface area contributed by atoms with Gasteiger partial charge in [-0.2, -0.15) is 4.31 Å². The lowest BCUT2D eigenvalue weighted by molar-refractivity contribution is -0.111. The standard InChI is InChI=1S/C16H16Cl2N2O4S/c1-20(25(2,22)23)10-13-5-4-12(24-13)6-8-16(21)19-15-9-11(17)3-7-14(15)18/h3-9H,10H2,1-2H3,(H,19,21)/b8-6+. The van der Waals surface area contributed by atoms with E-state index in [0.717, 1.165) is 10.6 Å². The molecule has 0 fully saturated rings. The molecule has 134 valence electrons. The highest BCUT2D eigenvalue weighted by atomic mass is 35.5. The molecule has 2 aromatic rings. The van der Waals surface area contributed by atoms with Crippen molar-refractivity contribution in [3.05, 3.63) is 58.0 Å². The Balaban J connectivity index is 2.00. The Labute approximate surface area is 156 Å². The van der Waals surface area contributed by atoms with E-state index < -0.39 is 15.9 Å². The Bertz CT molecular complexity index is 907. The van der Waals surface area contributed by atoms with Crippen LogP contribution in [0, 0.1) is 0 Å². The Kier molecular flexibility index (Phi) is 6.29. The summed E-state index contributed by atoms with van der Waals surface area (Å²) in [6, 6.07) is 8.03.